The van der Waals surface area contributed by atoms with Crippen LogP contribution >= 0.6 is 0 Å². The molecule has 0 bridgehead atoms. The molecule has 7 nitrogen and oxygen atoms in total. The van der Waals surface area contributed by atoms with Crippen LogP contribution < -0.4 is 5.43 Å². The predicted octanol–water partition coefficient (Wildman–Crippen LogP) is 3.43. The standard InChI is InChI=1S/C17H18FNO6.C2H6/c1-4-24-16(21)12-9-19(5-6-25-17(22)23-3)14-8-13(18)10(2)7-11(14)15(12)20;1-2/h7-9H,4-6H2,1-3H3;1-2H3. The highest BCUT2D eigenvalue weighted by atomic mass is 19.1. The predicted molar refractivity (Wildman–Crippen MR) is 98.6 cm³/mol. The summed E-state index contributed by atoms with van der Waals surface area (Å²) >= 11 is 0. The second-order valence-electron chi connectivity index (χ2n) is 5.21. The summed E-state index contributed by atoms with van der Waals surface area (Å²) < 4.78 is 29.5. The van der Waals surface area contributed by atoms with Crippen molar-refractivity contribution >= 4 is 23.0 Å². The van der Waals surface area contributed by atoms with Gasteiger partial charge in [-0.25, -0.2) is 14.0 Å². The molecule has 0 aliphatic rings. The molecule has 0 N–H and O–H groups in total. The van der Waals surface area contributed by atoms with E-state index in [1.54, 1.807) is 6.92 Å². The Labute approximate surface area is 156 Å². The molecule has 0 saturated carbocycles. The number of pyridine rings is 1. The van der Waals surface area contributed by atoms with Crippen molar-refractivity contribution in [2.45, 2.75) is 34.2 Å². The minimum atomic E-state index is -0.863. The summed E-state index contributed by atoms with van der Waals surface area (Å²) in [6.07, 6.45) is 0.413. The Morgan fingerprint density at radius 3 is 2.44 bits per heavy atom. The first-order valence-electron chi connectivity index (χ1n) is 8.60. The summed E-state index contributed by atoms with van der Waals surface area (Å²) in [6.45, 7) is 7.28. The number of benzene rings is 1. The first-order chi connectivity index (χ1) is 12.9. The van der Waals surface area contributed by atoms with Crippen LogP contribution in [0.1, 0.15) is 36.7 Å². The van der Waals surface area contributed by atoms with E-state index in [1.165, 1.54) is 36.9 Å². The van der Waals surface area contributed by atoms with Gasteiger partial charge in [-0.1, -0.05) is 13.8 Å². The molecule has 0 aliphatic heterocycles. The summed E-state index contributed by atoms with van der Waals surface area (Å²) in [7, 11) is 1.17. The Balaban J connectivity index is 0.00000176. The number of methoxy groups -OCH3 is 1. The third kappa shape index (κ3) is 5.29. The summed E-state index contributed by atoms with van der Waals surface area (Å²) in [6, 6.07) is 2.59. The van der Waals surface area contributed by atoms with Gasteiger partial charge in [0.05, 0.1) is 25.8 Å². The maximum Gasteiger partial charge on any atom is 0.508 e. The molecule has 0 aliphatic carbocycles. The second kappa shape index (κ2) is 10.3. The Kier molecular flexibility index (Phi) is 8.44. The van der Waals surface area contributed by atoms with E-state index in [9.17, 15) is 18.8 Å². The molecule has 2 rings (SSSR count). The zero-order valence-corrected chi connectivity index (χ0v) is 16.1. The number of esters is 1. The Hall–Kier alpha value is -2.90. The molecule has 1 heterocycles. The van der Waals surface area contributed by atoms with Crippen molar-refractivity contribution in [3.05, 3.63) is 45.5 Å². The molecule has 0 spiro atoms. The van der Waals surface area contributed by atoms with Gasteiger partial charge in [-0.2, -0.15) is 0 Å². The molecule has 27 heavy (non-hydrogen) atoms. The fraction of sp³-hybridized carbons (Fsp3) is 0.421. The maximum absolute atomic E-state index is 13.9. The fourth-order valence-electron chi connectivity index (χ4n) is 2.35. The smallest absolute Gasteiger partial charge is 0.462 e. The second-order valence-corrected chi connectivity index (χ2v) is 5.21. The summed E-state index contributed by atoms with van der Waals surface area (Å²) in [5.74, 6) is -1.25. The van der Waals surface area contributed by atoms with E-state index < -0.39 is 23.4 Å². The zero-order chi connectivity index (χ0) is 20.6. The van der Waals surface area contributed by atoms with Crippen molar-refractivity contribution in [1.82, 2.24) is 4.57 Å². The van der Waals surface area contributed by atoms with Crippen LogP contribution in [0, 0.1) is 12.7 Å². The third-order valence-corrected chi connectivity index (χ3v) is 3.57. The lowest BCUT2D eigenvalue weighted by molar-refractivity contribution is 0.0522. The van der Waals surface area contributed by atoms with Gasteiger partial charge in [-0.15, -0.1) is 0 Å². The van der Waals surface area contributed by atoms with Crippen molar-refractivity contribution < 1.29 is 28.2 Å². The molecular formula is C19H24FNO6. The van der Waals surface area contributed by atoms with Crippen molar-refractivity contribution in [3.8, 4) is 0 Å². The van der Waals surface area contributed by atoms with Crippen LogP contribution in [0.25, 0.3) is 10.9 Å². The van der Waals surface area contributed by atoms with Crippen molar-refractivity contribution in [2.24, 2.45) is 0 Å². The summed E-state index contributed by atoms with van der Waals surface area (Å²) in [5, 5.41) is 0.183. The number of aryl methyl sites for hydroxylation is 1. The summed E-state index contributed by atoms with van der Waals surface area (Å²) in [4.78, 5) is 35.6. The van der Waals surface area contributed by atoms with Crippen molar-refractivity contribution in [1.29, 1.82) is 0 Å². The number of halogens is 1. The SMILES string of the molecule is CC.CCOC(=O)c1cn(CCOC(=O)OC)c2cc(F)c(C)cc2c1=O. The highest BCUT2D eigenvalue weighted by Gasteiger charge is 2.18. The molecule has 0 unspecified atom stereocenters. The number of ether oxygens (including phenoxy) is 3. The van der Waals surface area contributed by atoms with Gasteiger partial charge in [0, 0.05) is 11.6 Å². The minimum Gasteiger partial charge on any atom is -0.462 e. The lowest BCUT2D eigenvalue weighted by Gasteiger charge is -2.14. The first kappa shape index (κ1) is 22.1. The number of aromatic nitrogens is 1. The van der Waals surface area contributed by atoms with E-state index in [-0.39, 0.29) is 41.8 Å². The van der Waals surface area contributed by atoms with Gasteiger partial charge in [0.15, 0.2) is 0 Å². The maximum atomic E-state index is 13.9. The zero-order valence-electron chi connectivity index (χ0n) is 16.1. The number of carbonyl (C=O) groups excluding carboxylic acids is 2. The highest BCUT2D eigenvalue weighted by Crippen LogP contribution is 2.18. The number of rotatable bonds is 5. The van der Waals surface area contributed by atoms with Gasteiger partial charge in [-0.05, 0) is 31.5 Å². The van der Waals surface area contributed by atoms with Gasteiger partial charge >= 0.3 is 12.1 Å². The quantitative estimate of drug-likeness (QED) is 0.738. The van der Waals surface area contributed by atoms with Crippen LogP contribution in [0.4, 0.5) is 9.18 Å². The van der Waals surface area contributed by atoms with Crippen LogP contribution in [-0.2, 0) is 20.8 Å². The number of hydrogen-bond acceptors (Lipinski definition) is 6. The van der Waals surface area contributed by atoms with Crippen molar-refractivity contribution in [2.75, 3.05) is 20.3 Å². The molecule has 0 amide bonds. The summed E-state index contributed by atoms with van der Waals surface area (Å²) in [5.41, 5.74) is -0.141. The largest absolute Gasteiger partial charge is 0.508 e. The molecular weight excluding hydrogens is 357 g/mol. The third-order valence-electron chi connectivity index (χ3n) is 3.57. The lowest BCUT2D eigenvalue weighted by Crippen LogP contribution is -2.22. The van der Waals surface area contributed by atoms with E-state index in [0.29, 0.717) is 0 Å². The number of fused-ring (bicyclic) bond motifs is 1. The Morgan fingerprint density at radius 2 is 1.85 bits per heavy atom. The monoisotopic (exact) mass is 381 g/mol. The van der Waals surface area contributed by atoms with Gasteiger partial charge in [0.25, 0.3) is 0 Å². The highest BCUT2D eigenvalue weighted by molar-refractivity contribution is 5.94. The molecule has 0 fully saturated rings. The van der Waals surface area contributed by atoms with Gasteiger partial charge < -0.3 is 18.8 Å². The fourth-order valence-corrected chi connectivity index (χ4v) is 2.35. The molecule has 1 aromatic carbocycles. The van der Waals surface area contributed by atoms with Gasteiger partial charge in [-0.3, -0.25) is 4.79 Å². The van der Waals surface area contributed by atoms with Crippen LogP contribution in [0.5, 0.6) is 0 Å². The molecule has 2 aromatic rings. The number of nitrogens with zero attached hydrogens (tertiary/aromatic N) is 1. The Bertz CT molecular complexity index is 875. The molecule has 148 valence electrons. The lowest BCUT2D eigenvalue weighted by atomic mass is 10.1. The number of hydrogen-bond donors (Lipinski definition) is 0. The molecule has 1 aromatic heterocycles. The van der Waals surface area contributed by atoms with E-state index in [1.807, 2.05) is 13.8 Å². The van der Waals surface area contributed by atoms with Crippen LogP contribution in [0.3, 0.4) is 0 Å². The van der Waals surface area contributed by atoms with Gasteiger partial charge in [0.1, 0.15) is 18.0 Å². The average molecular weight is 381 g/mol. The molecule has 0 radical (unpaired) electrons. The molecule has 8 heteroatoms. The first-order valence-corrected chi connectivity index (χ1v) is 8.60. The van der Waals surface area contributed by atoms with Gasteiger partial charge in [0.2, 0.25) is 5.43 Å². The van der Waals surface area contributed by atoms with E-state index in [4.69, 9.17) is 9.47 Å². The van der Waals surface area contributed by atoms with Crippen LogP contribution in [0.2, 0.25) is 0 Å². The van der Waals surface area contributed by atoms with Crippen LogP contribution in [-0.4, -0.2) is 37.0 Å². The average Bonchev–Trinajstić information content (AvgIpc) is 2.66. The minimum absolute atomic E-state index is 0.0809. The molecule has 0 saturated heterocycles. The van der Waals surface area contributed by atoms with E-state index >= 15 is 0 Å². The topological polar surface area (TPSA) is 83.8 Å². The Morgan fingerprint density at radius 1 is 1.19 bits per heavy atom. The van der Waals surface area contributed by atoms with Crippen molar-refractivity contribution in [3.63, 3.8) is 0 Å². The van der Waals surface area contributed by atoms with Crippen LogP contribution in [0.15, 0.2) is 23.1 Å². The number of carbonyl (C=O) groups is 2. The van der Waals surface area contributed by atoms with E-state index in [0.717, 1.165) is 0 Å². The molecule has 0 atom stereocenters. The van der Waals surface area contributed by atoms with E-state index in [2.05, 4.69) is 4.74 Å². The normalized spacial score (nSPS) is 10.0.